The second-order valence-corrected chi connectivity index (χ2v) is 9.78. The third-order valence-corrected chi connectivity index (χ3v) is 7.86. The van der Waals surface area contributed by atoms with E-state index in [0.29, 0.717) is 37.7 Å². The molecule has 194 valence electrons. The van der Waals surface area contributed by atoms with Crippen LogP contribution >= 0.6 is 0 Å². The van der Waals surface area contributed by atoms with Gasteiger partial charge in [-0.25, -0.2) is 0 Å². The monoisotopic (exact) mass is 504 g/mol. The van der Waals surface area contributed by atoms with Gasteiger partial charge in [0.2, 0.25) is 11.8 Å². The smallest absolute Gasteiger partial charge is 0.246 e. The lowest BCUT2D eigenvalue weighted by Crippen LogP contribution is -2.63. The molecular weight excluding hydrogens is 472 g/mol. The number of nitrogens with zero attached hydrogens (tertiary/aromatic N) is 3. The number of para-hydroxylation sites is 2. The van der Waals surface area contributed by atoms with Crippen LogP contribution in [0.1, 0.15) is 22.9 Å². The molecule has 2 aromatic carbocycles. The number of methoxy groups -OCH3 is 2. The number of carbonyl (C=O) groups is 2. The van der Waals surface area contributed by atoms with Crippen molar-refractivity contribution in [1.29, 1.82) is 0 Å². The van der Waals surface area contributed by atoms with Gasteiger partial charge in [-0.2, -0.15) is 0 Å². The maximum Gasteiger partial charge on any atom is 0.246 e. The summed E-state index contributed by atoms with van der Waals surface area (Å²) in [5, 5.41) is 1.08. The van der Waals surface area contributed by atoms with E-state index in [1.165, 1.54) is 0 Å². The number of hydrogen-bond donors (Lipinski definition) is 1. The molecule has 2 saturated heterocycles. The first-order chi connectivity index (χ1) is 18.1. The number of hydrogen-bond acceptors (Lipinski definition) is 6. The van der Waals surface area contributed by atoms with E-state index in [1.54, 1.807) is 24.0 Å². The molecule has 2 amide bonds. The lowest BCUT2D eigenvalue weighted by atomic mass is 9.85. The third-order valence-electron chi connectivity index (χ3n) is 7.86. The molecular formula is C28H32N4O5. The molecule has 3 aromatic rings. The van der Waals surface area contributed by atoms with Crippen molar-refractivity contribution in [2.24, 2.45) is 0 Å². The molecule has 1 aromatic heterocycles. The van der Waals surface area contributed by atoms with Gasteiger partial charge < -0.3 is 29.0 Å². The number of H-pyrrole nitrogens is 1. The molecule has 0 spiro atoms. The zero-order valence-corrected chi connectivity index (χ0v) is 21.2. The summed E-state index contributed by atoms with van der Waals surface area (Å²) in [6.45, 7) is 4.44. The third kappa shape index (κ3) is 4.02. The van der Waals surface area contributed by atoms with Crippen LogP contribution in [0.25, 0.3) is 10.9 Å². The van der Waals surface area contributed by atoms with Crippen molar-refractivity contribution < 1.29 is 23.8 Å². The summed E-state index contributed by atoms with van der Waals surface area (Å²) in [4.78, 5) is 37.1. The largest absolute Gasteiger partial charge is 0.493 e. The molecule has 0 saturated carbocycles. The van der Waals surface area contributed by atoms with Gasteiger partial charge in [-0.3, -0.25) is 14.5 Å². The summed E-state index contributed by atoms with van der Waals surface area (Å²) in [5.41, 5.74) is 3.78. The van der Waals surface area contributed by atoms with E-state index in [4.69, 9.17) is 14.2 Å². The van der Waals surface area contributed by atoms with Gasteiger partial charge in [0.25, 0.3) is 0 Å². The fourth-order valence-electron chi connectivity index (χ4n) is 6.05. The van der Waals surface area contributed by atoms with Crippen molar-refractivity contribution >= 4 is 22.7 Å². The molecule has 1 N–H and O–H groups in total. The Morgan fingerprint density at radius 1 is 1.00 bits per heavy atom. The van der Waals surface area contributed by atoms with Crippen LogP contribution in [0.2, 0.25) is 0 Å². The predicted octanol–water partition coefficient (Wildman–Crippen LogP) is 2.20. The van der Waals surface area contributed by atoms with E-state index in [1.807, 2.05) is 36.4 Å². The predicted molar refractivity (Wildman–Crippen MR) is 138 cm³/mol. The fourth-order valence-corrected chi connectivity index (χ4v) is 6.05. The number of ether oxygens (including phenoxy) is 3. The molecule has 0 radical (unpaired) electrons. The summed E-state index contributed by atoms with van der Waals surface area (Å²) in [6.07, 6.45) is 0.473. The van der Waals surface area contributed by atoms with E-state index in [0.717, 1.165) is 47.4 Å². The van der Waals surface area contributed by atoms with Crippen molar-refractivity contribution in [1.82, 2.24) is 19.7 Å². The number of piperazine rings is 1. The highest BCUT2D eigenvalue weighted by atomic mass is 16.5. The minimum Gasteiger partial charge on any atom is -0.493 e. The first kappa shape index (κ1) is 23.8. The standard InChI is InChI=1S/C28H32N4O5/c1-35-23-9-5-7-19(27(23)36-2)26-25-20(18-6-3-4-8-21(18)29-25)16-22-28(34)31(17-24(33)32(22)26)11-10-30-12-14-37-15-13-30/h3-9,22,26,29H,10-17H2,1-2H3/t22-,26?/m1/s1. The van der Waals surface area contributed by atoms with E-state index in [-0.39, 0.29) is 18.4 Å². The van der Waals surface area contributed by atoms with Gasteiger partial charge in [0.05, 0.1) is 34.0 Å². The van der Waals surface area contributed by atoms with Crippen molar-refractivity contribution in [2.75, 3.05) is 60.2 Å². The number of amides is 2. The highest BCUT2D eigenvalue weighted by Gasteiger charge is 2.49. The molecule has 3 aliphatic rings. The minimum atomic E-state index is -0.585. The van der Waals surface area contributed by atoms with Crippen LogP contribution in [0.5, 0.6) is 11.5 Å². The number of carbonyl (C=O) groups excluding carboxylic acids is 2. The number of morpholine rings is 1. The van der Waals surface area contributed by atoms with Crippen molar-refractivity contribution in [3.8, 4) is 11.5 Å². The van der Waals surface area contributed by atoms with Crippen LogP contribution in [0, 0.1) is 0 Å². The molecule has 6 rings (SSSR count). The molecule has 9 heteroatoms. The first-order valence-electron chi connectivity index (χ1n) is 12.8. The lowest BCUT2D eigenvalue weighted by Gasteiger charge is -2.47. The number of benzene rings is 2. The SMILES string of the molecule is COc1cccc(C2c3[nH]c4ccccc4c3C[C@@H]3C(=O)N(CCN4CCOCC4)CC(=O)N23)c1OC. The van der Waals surface area contributed by atoms with E-state index >= 15 is 0 Å². The number of aromatic nitrogens is 1. The molecule has 4 heterocycles. The maximum absolute atomic E-state index is 13.9. The second-order valence-electron chi connectivity index (χ2n) is 9.78. The summed E-state index contributed by atoms with van der Waals surface area (Å²) in [6, 6.07) is 12.7. The quantitative estimate of drug-likeness (QED) is 0.554. The minimum absolute atomic E-state index is 0.00402. The highest BCUT2D eigenvalue weighted by molar-refractivity contribution is 5.97. The zero-order valence-electron chi connectivity index (χ0n) is 21.2. The maximum atomic E-state index is 13.9. The Bertz CT molecular complexity index is 1330. The van der Waals surface area contributed by atoms with Crippen LogP contribution in [-0.2, 0) is 20.7 Å². The Kier molecular flexibility index (Phi) is 6.26. The molecule has 37 heavy (non-hydrogen) atoms. The molecule has 9 nitrogen and oxygen atoms in total. The molecule has 0 bridgehead atoms. The van der Waals surface area contributed by atoms with E-state index < -0.39 is 12.1 Å². The number of rotatable bonds is 6. The normalized spacial score (nSPS) is 22.2. The van der Waals surface area contributed by atoms with E-state index in [2.05, 4.69) is 16.0 Å². The van der Waals surface area contributed by atoms with Gasteiger partial charge in [0.15, 0.2) is 11.5 Å². The van der Waals surface area contributed by atoms with Gasteiger partial charge in [-0.15, -0.1) is 0 Å². The highest BCUT2D eigenvalue weighted by Crippen LogP contribution is 2.46. The van der Waals surface area contributed by atoms with Crippen LogP contribution in [0.4, 0.5) is 0 Å². The number of fused-ring (bicyclic) bond motifs is 4. The Morgan fingerprint density at radius 3 is 2.59 bits per heavy atom. The Balaban J connectivity index is 1.42. The second kappa shape index (κ2) is 9.72. The average Bonchev–Trinajstić information content (AvgIpc) is 3.31. The molecule has 1 unspecified atom stereocenters. The van der Waals surface area contributed by atoms with Crippen molar-refractivity contribution in [3.05, 3.63) is 59.3 Å². The van der Waals surface area contributed by atoms with Gasteiger partial charge in [0, 0.05) is 54.8 Å². The summed E-state index contributed by atoms with van der Waals surface area (Å²) >= 11 is 0. The van der Waals surface area contributed by atoms with Crippen LogP contribution in [-0.4, -0.2) is 97.7 Å². The molecule has 3 aliphatic heterocycles. The van der Waals surface area contributed by atoms with Crippen LogP contribution in [0.15, 0.2) is 42.5 Å². The molecule has 0 aliphatic carbocycles. The van der Waals surface area contributed by atoms with Crippen LogP contribution < -0.4 is 9.47 Å². The van der Waals surface area contributed by atoms with Gasteiger partial charge >= 0.3 is 0 Å². The summed E-state index contributed by atoms with van der Waals surface area (Å²) in [5.74, 6) is 1.08. The summed E-state index contributed by atoms with van der Waals surface area (Å²) in [7, 11) is 3.20. The van der Waals surface area contributed by atoms with Crippen LogP contribution in [0.3, 0.4) is 0 Å². The topological polar surface area (TPSA) is 87.3 Å². The molecule has 2 atom stereocenters. The Hall–Kier alpha value is -3.56. The fraction of sp³-hybridized carbons (Fsp3) is 0.429. The zero-order chi connectivity index (χ0) is 25.5. The lowest BCUT2D eigenvalue weighted by molar-refractivity contribution is -0.159. The number of aromatic amines is 1. The average molecular weight is 505 g/mol. The van der Waals surface area contributed by atoms with Gasteiger partial charge in [-0.1, -0.05) is 30.3 Å². The Morgan fingerprint density at radius 2 is 1.81 bits per heavy atom. The number of nitrogens with one attached hydrogen (secondary N) is 1. The van der Waals surface area contributed by atoms with E-state index in [9.17, 15) is 9.59 Å². The Labute approximate surface area is 215 Å². The van der Waals surface area contributed by atoms with Crippen molar-refractivity contribution in [3.63, 3.8) is 0 Å². The van der Waals surface area contributed by atoms with Crippen molar-refractivity contribution in [2.45, 2.75) is 18.5 Å². The van der Waals surface area contributed by atoms with Gasteiger partial charge in [-0.05, 0) is 17.7 Å². The summed E-state index contributed by atoms with van der Waals surface area (Å²) < 4.78 is 16.8. The van der Waals surface area contributed by atoms with Gasteiger partial charge in [0.1, 0.15) is 12.1 Å². The first-order valence-corrected chi connectivity index (χ1v) is 12.8. The molecule has 2 fully saturated rings.